The number of amides is 2. The van der Waals surface area contributed by atoms with E-state index in [4.69, 9.17) is 4.74 Å². The molecule has 5 nitrogen and oxygen atoms in total. The molecule has 0 fully saturated rings. The Kier molecular flexibility index (Phi) is 8.25. The minimum Gasteiger partial charge on any atom is -0.382 e. The van der Waals surface area contributed by atoms with E-state index in [9.17, 15) is 9.59 Å². The molecule has 1 aliphatic rings. The monoisotopic (exact) mass is 414 g/mol. The molecule has 156 valence electrons. The molecule has 2 amide bonds. The molecule has 0 unspecified atom stereocenters. The fraction of sp³-hybridized carbons (Fsp3) is 0.478. The minimum atomic E-state index is -0.142. The number of hydrogen-bond acceptors (Lipinski definition) is 4. The lowest BCUT2D eigenvalue weighted by atomic mass is 10.00. The summed E-state index contributed by atoms with van der Waals surface area (Å²) < 4.78 is 5.27. The van der Waals surface area contributed by atoms with Crippen molar-refractivity contribution in [2.75, 3.05) is 25.1 Å². The number of rotatable bonds is 8. The van der Waals surface area contributed by atoms with Crippen molar-refractivity contribution in [3.05, 3.63) is 51.2 Å². The first-order chi connectivity index (χ1) is 14.2. The van der Waals surface area contributed by atoms with Crippen LogP contribution in [-0.4, -0.2) is 31.6 Å². The van der Waals surface area contributed by atoms with Crippen LogP contribution >= 0.6 is 11.3 Å². The zero-order chi connectivity index (χ0) is 20.5. The number of carbonyl (C=O) groups is 2. The van der Waals surface area contributed by atoms with E-state index in [1.54, 1.807) is 29.5 Å². The van der Waals surface area contributed by atoms with Gasteiger partial charge in [-0.15, -0.1) is 11.3 Å². The van der Waals surface area contributed by atoms with E-state index >= 15 is 0 Å². The Morgan fingerprint density at radius 3 is 2.72 bits per heavy atom. The second-order valence-electron chi connectivity index (χ2n) is 7.31. The Labute approximate surface area is 176 Å². The molecular weight excluding hydrogens is 384 g/mol. The topological polar surface area (TPSA) is 67.4 Å². The lowest BCUT2D eigenvalue weighted by Crippen LogP contribution is -2.25. The number of thiophene rings is 1. The SMILES string of the molecule is CCOCCCNC(=O)c1cccc(NC(=O)c2cc3c(s2)CCCCCC3)c1. The van der Waals surface area contributed by atoms with Gasteiger partial charge in [0.2, 0.25) is 0 Å². The van der Waals surface area contributed by atoms with Gasteiger partial charge < -0.3 is 15.4 Å². The summed E-state index contributed by atoms with van der Waals surface area (Å²) in [6.07, 6.45) is 7.88. The lowest BCUT2D eigenvalue weighted by molar-refractivity contribution is 0.0943. The Balaban J connectivity index is 1.59. The van der Waals surface area contributed by atoms with Crippen molar-refractivity contribution in [3.8, 4) is 0 Å². The van der Waals surface area contributed by atoms with Gasteiger partial charge in [0.05, 0.1) is 4.88 Å². The van der Waals surface area contributed by atoms with Crippen LogP contribution < -0.4 is 10.6 Å². The minimum absolute atomic E-state index is 0.101. The Morgan fingerprint density at radius 2 is 1.90 bits per heavy atom. The molecule has 0 atom stereocenters. The second-order valence-corrected chi connectivity index (χ2v) is 8.45. The third kappa shape index (κ3) is 6.41. The van der Waals surface area contributed by atoms with Crippen LogP contribution in [0.3, 0.4) is 0 Å². The molecular formula is C23H30N2O3S. The highest BCUT2D eigenvalue weighted by Gasteiger charge is 2.16. The zero-order valence-corrected chi connectivity index (χ0v) is 17.9. The van der Waals surface area contributed by atoms with Crippen LogP contribution in [0.2, 0.25) is 0 Å². The molecule has 0 bridgehead atoms. The van der Waals surface area contributed by atoms with Gasteiger partial charge in [-0.3, -0.25) is 9.59 Å². The van der Waals surface area contributed by atoms with Crippen molar-refractivity contribution in [1.82, 2.24) is 5.32 Å². The third-order valence-electron chi connectivity index (χ3n) is 5.06. The number of nitrogens with one attached hydrogen (secondary N) is 2. The van der Waals surface area contributed by atoms with E-state index in [1.807, 2.05) is 13.0 Å². The molecule has 1 aromatic heterocycles. The Bertz CT molecular complexity index is 806. The fourth-order valence-electron chi connectivity index (χ4n) is 3.51. The maximum atomic E-state index is 12.7. The van der Waals surface area contributed by atoms with E-state index in [0.29, 0.717) is 31.0 Å². The first kappa shape index (κ1) is 21.5. The van der Waals surface area contributed by atoms with Crippen molar-refractivity contribution in [1.29, 1.82) is 0 Å². The predicted molar refractivity (Wildman–Crippen MR) is 118 cm³/mol. The highest BCUT2D eigenvalue weighted by molar-refractivity contribution is 7.14. The van der Waals surface area contributed by atoms with Gasteiger partial charge in [0.15, 0.2) is 0 Å². The lowest BCUT2D eigenvalue weighted by Gasteiger charge is -2.08. The van der Waals surface area contributed by atoms with E-state index < -0.39 is 0 Å². The van der Waals surface area contributed by atoms with Gasteiger partial charge in [0, 0.05) is 35.9 Å². The van der Waals surface area contributed by atoms with Crippen LogP contribution in [0, 0.1) is 0 Å². The number of benzene rings is 1. The highest BCUT2D eigenvalue weighted by atomic mass is 32.1. The van der Waals surface area contributed by atoms with Crippen LogP contribution in [0.4, 0.5) is 5.69 Å². The third-order valence-corrected chi connectivity index (χ3v) is 6.29. The maximum absolute atomic E-state index is 12.7. The molecule has 3 rings (SSSR count). The average Bonchev–Trinajstić information content (AvgIpc) is 3.10. The van der Waals surface area contributed by atoms with Gasteiger partial charge in [0.25, 0.3) is 11.8 Å². The summed E-state index contributed by atoms with van der Waals surface area (Å²) in [6, 6.07) is 9.13. The van der Waals surface area contributed by atoms with Gasteiger partial charge in [-0.05, 0) is 68.9 Å². The average molecular weight is 415 g/mol. The van der Waals surface area contributed by atoms with E-state index in [0.717, 1.165) is 24.1 Å². The molecule has 0 saturated heterocycles. The van der Waals surface area contributed by atoms with E-state index in [1.165, 1.54) is 36.1 Å². The number of ether oxygens (including phenoxy) is 1. The summed E-state index contributed by atoms with van der Waals surface area (Å²) in [6.45, 7) is 3.84. The molecule has 6 heteroatoms. The quantitative estimate of drug-likeness (QED) is 0.609. The molecule has 1 aliphatic carbocycles. The largest absolute Gasteiger partial charge is 0.382 e. The fourth-order valence-corrected chi connectivity index (χ4v) is 4.66. The Hall–Kier alpha value is -2.18. The Morgan fingerprint density at radius 1 is 1.07 bits per heavy atom. The predicted octanol–water partition coefficient (Wildman–Crippen LogP) is 4.82. The van der Waals surface area contributed by atoms with Gasteiger partial charge in [-0.25, -0.2) is 0 Å². The van der Waals surface area contributed by atoms with E-state index in [2.05, 4.69) is 16.7 Å². The number of hydrogen-bond donors (Lipinski definition) is 2. The summed E-state index contributed by atoms with van der Waals surface area (Å²) in [5.41, 5.74) is 2.51. The first-order valence-corrected chi connectivity index (χ1v) is 11.4. The van der Waals surface area contributed by atoms with Gasteiger partial charge >= 0.3 is 0 Å². The number of aryl methyl sites for hydroxylation is 2. The molecule has 29 heavy (non-hydrogen) atoms. The highest BCUT2D eigenvalue weighted by Crippen LogP contribution is 2.29. The smallest absolute Gasteiger partial charge is 0.265 e. The van der Waals surface area contributed by atoms with Crippen molar-refractivity contribution < 1.29 is 14.3 Å². The van der Waals surface area contributed by atoms with Crippen LogP contribution in [-0.2, 0) is 17.6 Å². The maximum Gasteiger partial charge on any atom is 0.265 e. The number of fused-ring (bicyclic) bond motifs is 1. The zero-order valence-electron chi connectivity index (χ0n) is 17.1. The normalized spacial score (nSPS) is 13.8. The summed E-state index contributed by atoms with van der Waals surface area (Å²) in [5, 5.41) is 5.83. The summed E-state index contributed by atoms with van der Waals surface area (Å²) in [4.78, 5) is 27.2. The van der Waals surface area contributed by atoms with Crippen molar-refractivity contribution in [3.63, 3.8) is 0 Å². The molecule has 0 saturated carbocycles. The van der Waals surface area contributed by atoms with Gasteiger partial charge in [-0.2, -0.15) is 0 Å². The standard InChI is InChI=1S/C23H30N2O3S/c1-2-28-14-8-13-24-22(26)18-10-7-11-19(15-18)25-23(27)21-16-17-9-5-3-4-6-12-20(17)29-21/h7,10-11,15-16H,2-6,8-9,12-14H2,1H3,(H,24,26)(H,25,27). The van der Waals surface area contributed by atoms with E-state index in [-0.39, 0.29) is 11.8 Å². The molecule has 0 radical (unpaired) electrons. The summed E-state index contributed by atoms with van der Waals surface area (Å²) in [7, 11) is 0. The van der Waals surface area contributed by atoms with Gasteiger partial charge in [-0.1, -0.05) is 18.9 Å². The first-order valence-electron chi connectivity index (χ1n) is 10.6. The number of anilines is 1. The molecule has 0 spiro atoms. The van der Waals surface area contributed by atoms with Crippen molar-refractivity contribution in [2.45, 2.75) is 51.9 Å². The molecule has 1 heterocycles. The molecule has 2 N–H and O–H groups in total. The van der Waals surface area contributed by atoms with Gasteiger partial charge in [0.1, 0.15) is 0 Å². The van der Waals surface area contributed by atoms with Crippen LogP contribution in [0.25, 0.3) is 0 Å². The van der Waals surface area contributed by atoms with Crippen LogP contribution in [0.1, 0.15) is 69.5 Å². The molecule has 0 aliphatic heterocycles. The van der Waals surface area contributed by atoms with Crippen LogP contribution in [0.15, 0.2) is 30.3 Å². The van der Waals surface area contributed by atoms with Crippen molar-refractivity contribution in [2.24, 2.45) is 0 Å². The molecule has 1 aromatic carbocycles. The number of carbonyl (C=O) groups excluding carboxylic acids is 2. The molecule has 2 aromatic rings. The van der Waals surface area contributed by atoms with Crippen molar-refractivity contribution >= 4 is 28.8 Å². The second kappa shape index (κ2) is 11.1. The summed E-state index contributed by atoms with van der Waals surface area (Å²) >= 11 is 1.61. The summed E-state index contributed by atoms with van der Waals surface area (Å²) in [5.74, 6) is -0.243. The van der Waals surface area contributed by atoms with Crippen LogP contribution in [0.5, 0.6) is 0 Å².